The first-order valence-corrected chi connectivity index (χ1v) is 7.49. The fourth-order valence-corrected chi connectivity index (χ4v) is 2.82. The van der Waals surface area contributed by atoms with E-state index in [-0.39, 0.29) is 0 Å². The van der Waals surface area contributed by atoms with Crippen molar-refractivity contribution in [2.75, 3.05) is 26.0 Å². The van der Waals surface area contributed by atoms with Crippen LogP contribution in [0.1, 0.15) is 39.0 Å². The molecule has 0 heterocycles. The third kappa shape index (κ3) is 5.79. The van der Waals surface area contributed by atoms with Gasteiger partial charge in [0.15, 0.2) is 0 Å². The molecule has 3 heteroatoms. The van der Waals surface area contributed by atoms with Crippen LogP contribution in [0.15, 0.2) is 0 Å². The second kappa shape index (κ2) is 8.43. The molecule has 1 N–H and O–H groups in total. The Labute approximate surface area is 98.5 Å². The average molecular weight is 231 g/mol. The molecule has 1 aliphatic carbocycles. The van der Waals surface area contributed by atoms with E-state index in [0.29, 0.717) is 0 Å². The predicted molar refractivity (Wildman–Crippen MR) is 68.7 cm³/mol. The summed E-state index contributed by atoms with van der Waals surface area (Å²) in [6, 6.07) is 0.747. The normalized spacial score (nSPS) is 26.0. The molecule has 0 aliphatic heterocycles. The van der Waals surface area contributed by atoms with Gasteiger partial charge in [-0.25, -0.2) is 0 Å². The number of rotatable bonds is 8. The molecule has 0 radical (unpaired) electrons. The summed E-state index contributed by atoms with van der Waals surface area (Å²) in [5.41, 5.74) is 0. The van der Waals surface area contributed by atoms with Crippen molar-refractivity contribution in [3.63, 3.8) is 0 Å². The Kier molecular flexibility index (Phi) is 7.49. The van der Waals surface area contributed by atoms with Crippen molar-refractivity contribution in [1.29, 1.82) is 0 Å². The van der Waals surface area contributed by atoms with Crippen LogP contribution >= 0.6 is 11.8 Å². The molecular formula is C12H25NOS. The molecule has 1 aliphatic rings. The van der Waals surface area contributed by atoms with Gasteiger partial charge in [-0.3, -0.25) is 0 Å². The van der Waals surface area contributed by atoms with Gasteiger partial charge < -0.3 is 10.1 Å². The molecule has 90 valence electrons. The molecule has 0 aromatic rings. The van der Waals surface area contributed by atoms with Crippen LogP contribution in [0, 0.1) is 0 Å². The van der Waals surface area contributed by atoms with E-state index in [1.807, 2.05) is 11.8 Å². The lowest BCUT2D eigenvalue weighted by Gasteiger charge is -2.12. The average Bonchev–Trinajstić information content (AvgIpc) is 2.71. The highest BCUT2D eigenvalue weighted by molar-refractivity contribution is 7.99. The lowest BCUT2D eigenvalue weighted by Crippen LogP contribution is -2.30. The smallest absolute Gasteiger partial charge is 0.0591 e. The van der Waals surface area contributed by atoms with E-state index < -0.39 is 0 Å². The molecule has 0 bridgehead atoms. The van der Waals surface area contributed by atoms with E-state index in [9.17, 15) is 0 Å². The molecule has 1 rings (SSSR count). The Morgan fingerprint density at radius 1 is 1.33 bits per heavy atom. The van der Waals surface area contributed by atoms with Crippen LogP contribution in [-0.2, 0) is 4.74 Å². The van der Waals surface area contributed by atoms with Gasteiger partial charge in [0.05, 0.1) is 6.61 Å². The number of unbranched alkanes of at least 4 members (excludes halogenated alkanes) is 1. The minimum absolute atomic E-state index is 0.747. The van der Waals surface area contributed by atoms with Gasteiger partial charge >= 0.3 is 0 Å². The van der Waals surface area contributed by atoms with Crippen molar-refractivity contribution >= 4 is 11.8 Å². The van der Waals surface area contributed by atoms with Crippen molar-refractivity contribution in [2.45, 2.75) is 50.3 Å². The number of ether oxygens (including phenoxy) is 1. The molecule has 15 heavy (non-hydrogen) atoms. The molecule has 2 atom stereocenters. The van der Waals surface area contributed by atoms with Crippen LogP contribution in [0.25, 0.3) is 0 Å². The zero-order chi connectivity index (χ0) is 10.9. The molecule has 0 aromatic heterocycles. The minimum Gasteiger partial charge on any atom is -0.380 e. The van der Waals surface area contributed by atoms with Crippen molar-refractivity contribution < 1.29 is 4.74 Å². The summed E-state index contributed by atoms with van der Waals surface area (Å²) >= 11 is 2.02. The molecule has 0 saturated heterocycles. The van der Waals surface area contributed by atoms with Crippen LogP contribution in [-0.4, -0.2) is 37.3 Å². The second-order valence-electron chi connectivity index (χ2n) is 4.29. The van der Waals surface area contributed by atoms with E-state index in [1.165, 1.54) is 32.1 Å². The Balaban J connectivity index is 1.88. The van der Waals surface area contributed by atoms with Crippen LogP contribution in [0.5, 0.6) is 0 Å². The third-order valence-corrected chi connectivity index (χ3v) is 4.13. The first-order valence-electron chi connectivity index (χ1n) is 6.20. The van der Waals surface area contributed by atoms with Crippen LogP contribution in [0.4, 0.5) is 0 Å². The largest absolute Gasteiger partial charge is 0.380 e. The summed E-state index contributed by atoms with van der Waals surface area (Å²) in [6.07, 6.45) is 8.72. The quantitative estimate of drug-likeness (QED) is 0.649. The molecule has 0 spiro atoms. The fourth-order valence-electron chi connectivity index (χ4n) is 2.02. The topological polar surface area (TPSA) is 21.3 Å². The molecule has 2 nitrogen and oxygen atoms in total. The SMILES string of the molecule is CCCCOCCNC1CCC(SC)C1. The van der Waals surface area contributed by atoms with E-state index in [1.54, 1.807) is 0 Å². The highest BCUT2D eigenvalue weighted by Gasteiger charge is 2.22. The number of hydrogen-bond acceptors (Lipinski definition) is 3. The van der Waals surface area contributed by atoms with Crippen molar-refractivity contribution in [3.05, 3.63) is 0 Å². The minimum atomic E-state index is 0.747. The van der Waals surface area contributed by atoms with Crippen LogP contribution < -0.4 is 5.32 Å². The Morgan fingerprint density at radius 3 is 2.87 bits per heavy atom. The lowest BCUT2D eigenvalue weighted by molar-refractivity contribution is 0.131. The van der Waals surface area contributed by atoms with Gasteiger partial charge in [0, 0.05) is 24.4 Å². The number of hydrogen-bond donors (Lipinski definition) is 1. The maximum absolute atomic E-state index is 5.52. The van der Waals surface area contributed by atoms with Gasteiger partial charge in [-0.2, -0.15) is 11.8 Å². The fraction of sp³-hybridized carbons (Fsp3) is 1.00. The summed E-state index contributed by atoms with van der Waals surface area (Å²) in [4.78, 5) is 0. The maximum Gasteiger partial charge on any atom is 0.0591 e. The highest BCUT2D eigenvalue weighted by atomic mass is 32.2. The Bertz CT molecular complexity index is 155. The van der Waals surface area contributed by atoms with Crippen molar-refractivity contribution in [2.24, 2.45) is 0 Å². The third-order valence-electron chi connectivity index (χ3n) is 3.04. The molecule has 1 saturated carbocycles. The van der Waals surface area contributed by atoms with Crippen molar-refractivity contribution in [3.8, 4) is 0 Å². The number of nitrogens with one attached hydrogen (secondary N) is 1. The summed E-state index contributed by atoms with van der Waals surface area (Å²) in [5.74, 6) is 0. The van der Waals surface area contributed by atoms with Crippen LogP contribution in [0.3, 0.4) is 0 Å². The van der Waals surface area contributed by atoms with E-state index in [2.05, 4.69) is 18.5 Å². The zero-order valence-corrected chi connectivity index (χ0v) is 10.9. The molecule has 2 unspecified atom stereocenters. The summed E-state index contributed by atoms with van der Waals surface area (Å²) in [5, 5.41) is 4.48. The summed E-state index contributed by atoms with van der Waals surface area (Å²) in [7, 11) is 0. The van der Waals surface area contributed by atoms with Gasteiger partial charge in [-0.15, -0.1) is 0 Å². The van der Waals surface area contributed by atoms with Crippen LogP contribution in [0.2, 0.25) is 0 Å². The second-order valence-corrected chi connectivity index (χ2v) is 5.43. The standard InChI is InChI=1S/C12H25NOS/c1-3-4-8-14-9-7-13-11-5-6-12(10-11)15-2/h11-13H,3-10H2,1-2H3. The van der Waals surface area contributed by atoms with E-state index in [0.717, 1.165) is 31.1 Å². The number of thioether (sulfide) groups is 1. The highest BCUT2D eigenvalue weighted by Crippen LogP contribution is 2.27. The van der Waals surface area contributed by atoms with Gasteiger partial charge in [0.1, 0.15) is 0 Å². The van der Waals surface area contributed by atoms with Gasteiger partial charge in [-0.05, 0) is 31.9 Å². The lowest BCUT2D eigenvalue weighted by atomic mass is 10.2. The molecule has 1 fully saturated rings. The van der Waals surface area contributed by atoms with E-state index >= 15 is 0 Å². The van der Waals surface area contributed by atoms with E-state index in [4.69, 9.17) is 4.74 Å². The van der Waals surface area contributed by atoms with Gasteiger partial charge in [0.25, 0.3) is 0 Å². The summed E-state index contributed by atoms with van der Waals surface area (Å²) in [6.45, 7) is 5.02. The maximum atomic E-state index is 5.52. The molecular weight excluding hydrogens is 206 g/mol. The molecule has 0 amide bonds. The monoisotopic (exact) mass is 231 g/mol. The van der Waals surface area contributed by atoms with Crippen molar-refractivity contribution in [1.82, 2.24) is 5.32 Å². The van der Waals surface area contributed by atoms with Gasteiger partial charge in [0.2, 0.25) is 0 Å². The Hall–Kier alpha value is 0.270. The first kappa shape index (κ1) is 13.3. The first-order chi connectivity index (χ1) is 7.36. The Morgan fingerprint density at radius 2 is 2.20 bits per heavy atom. The zero-order valence-electron chi connectivity index (χ0n) is 10.1. The molecule has 0 aromatic carbocycles. The predicted octanol–water partition coefficient (Wildman–Crippen LogP) is 2.68. The summed E-state index contributed by atoms with van der Waals surface area (Å²) < 4.78 is 5.52. The van der Waals surface area contributed by atoms with Gasteiger partial charge in [-0.1, -0.05) is 13.3 Å².